The van der Waals surface area contributed by atoms with Crippen LogP contribution < -0.4 is 0 Å². The molecular weight excluding hydrogens is 693 g/mol. The molecule has 53 heavy (non-hydrogen) atoms. The highest BCUT2D eigenvalue weighted by Crippen LogP contribution is 2.43. The molecule has 0 aliphatic heterocycles. The van der Waals surface area contributed by atoms with Crippen LogP contribution in [-0.2, 0) is 32.7 Å². The van der Waals surface area contributed by atoms with Gasteiger partial charge in [0, 0.05) is 12.8 Å². The van der Waals surface area contributed by atoms with Gasteiger partial charge in [0.15, 0.2) is 6.10 Å². The fourth-order valence-electron chi connectivity index (χ4n) is 5.17. The highest BCUT2D eigenvalue weighted by Gasteiger charge is 2.27. The van der Waals surface area contributed by atoms with E-state index in [0.29, 0.717) is 23.9 Å². The zero-order valence-electron chi connectivity index (χ0n) is 34.1. The number of nitrogens with zero attached hydrogens (tertiary/aromatic N) is 1. The summed E-state index contributed by atoms with van der Waals surface area (Å²) in [7, 11) is 1.41. The van der Waals surface area contributed by atoms with Gasteiger partial charge in [-0.15, -0.1) is 0 Å². The molecule has 0 saturated carbocycles. The third-order valence-electron chi connectivity index (χ3n) is 8.47. The molecule has 0 amide bonds. The van der Waals surface area contributed by atoms with Gasteiger partial charge >= 0.3 is 19.8 Å². The van der Waals surface area contributed by atoms with Gasteiger partial charge in [-0.05, 0) is 38.5 Å². The van der Waals surface area contributed by atoms with Gasteiger partial charge in [-0.1, -0.05) is 146 Å². The van der Waals surface area contributed by atoms with E-state index in [0.717, 1.165) is 57.8 Å². The number of aliphatic hydroxyl groups excluding tert-OH is 1. The van der Waals surface area contributed by atoms with Gasteiger partial charge < -0.3 is 24.0 Å². The number of carbonyl (C=O) groups excluding carboxylic acids is 2. The number of carbonyl (C=O) groups is 2. The Morgan fingerprint density at radius 3 is 1.89 bits per heavy atom. The van der Waals surface area contributed by atoms with Crippen molar-refractivity contribution in [3.05, 3.63) is 48.6 Å². The Bertz CT molecular complexity index is 1070. The Balaban J connectivity index is 4.56. The van der Waals surface area contributed by atoms with Crippen LogP contribution in [0.3, 0.4) is 0 Å². The van der Waals surface area contributed by atoms with E-state index < -0.39 is 32.5 Å². The molecule has 0 aromatic carbocycles. The molecule has 0 spiro atoms. The van der Waals surface area contributed by atoms with Crippen molar-refractivity contribution in [3.63, 3.8) is 0 Å². The van der Waals surface area contributed by atoms with Crippen molar-refractivity contribution in [2.75, 3.05) is 47.5 Å². The van der Waals surface area contributed by atoms with Crippen LogP contribution in [0.5, 0.6) is 0 Å². The van der Waals surface area contributed by atoms with Crippen molar-refractivity contribution < 1.29 is 47.2 Å². The van der Waals surface area contributed by atoms with Gasteiger partial charge in [-0.2, -0.15) is 0 Å². The van der Waals surface area contributed by atoms with Crippen LogP contribution in [0.25, 0.3) is 0 Å². The normalized spacial score (nSPS) is 14.8. The van der Waals surface area contributed by atoms with E-state index in [2.05, 4.69) is 26.0 Å². The van der Waals surface area contributed by atoms with E-state index >= 15 is 0 Å². The molecule has 0 aromatic rings. The third-order valence-corrected chi connectivity index (χ3v) is 9.45. The number of aliphatic hydroxyl groups is 1. The number of phosphoric acid groups is 1. The lowest BCUT2D eigenvalue weighted by molar-refractivity contribution is -0.870. The molecule has 2 N–H and O–H groups in total. The maximum absolute atomic E-state index is 12.6. The van der Waals surface area contributed by atoms with Crippen LogP contribution in [0.15, 0.2) is 48.6 Å². The standard InChI is InChI=1S/C42H76NO9P/c1-6-8-10-11-12-13-15-19-22-25-29-33-41(45)49-37-40(38-51-53(47,48)50-36-35-43(3,4)5)52-42(46)34-30-26-23-20-17-14-16-18-21-24-28-32-39(44)31-27-9-7-2/h14,16,20-21,23-24,28,32,39-40,44H,6-13,15,17-19,22,25-27,29-31,33-38H2,1-5H3/p+1/b16-14-,23-20-,24-21-,32-28+/t39-,40+/m0/s1. The summed E-state index contributed by atoms with van der Waals surface area (Å²) in [5.74, 6) is -0.894. The maximum Gasteiger partial charge on any atom is 0.472 e. The van der Waals surface area contributed by atoms with Crippen LogP contribution in [0.1, 0.15) is 149 Å². The Morgan fingerprint density at radius 2 is 1.25 bits per heavy atom. The SMILES string of the molecule is CCCCCCCCCCCCCC(=O)OC[C@H](COP(=O)(O)OCC[N+](C)(C)C)OC(=O)CCC/C=C\C/C=C\C/C=C\C=C\[C@@H](O)CCCCC. The number of ether oxygens (including phenoxy) is 2. The van der Waals surface area contributed by atoms with Crippen LogP contribution in [0, 0.1) is 0 Å². The number of quaternary nitrogens is 1. The second-order valence-corrected chi connectivity index (χ2v) is 16.3. The number of unbranched alkanes of at least 4 members (excludes halogenated alkanes) is 13. The van der Waals surface area contributed by atoms with E-state index in [1.807, 2.05) is 57.6 Å². The van der Waals surface area contributed by atoms with Gasteiger partial charge in [-0.3, -0.25) is 18.6 Å². The molecule has 0 bridgehead atoms. The van der Waals surface area contributed by atoms with Crippen LogP contribution in [0.4, 0.5) is 0 Å². The molecule has 0 radical (unpaired) electrons. The highest BCUT2D eigenvalue weighted by atomic mass is 31.2. The highest BCUT2D eigenvalue weighted by molar-refractivity contribution is 7.47. The van der Waals surface area contributed by atoms with Crippen LogP contribution >= 0.6 is 7.82 Å². The quantitative estimate of drug-likeness (QED) is 0.0160. The van der Waals surface area contributed by atoms with E-state index in [4.69, 9.17) is 18.5 Å². The molecule has 308 valence electrons. The van der Waals surface area contributed by atoms with Crippen molar-refractivity contribution in [2.45, 2.75) is 161 Å². The second kappa shape index (κ2) is 34.4. The Kier molecular flexibility index (Phi) is 33.1. The van der Waals surface area contributed by atoms with Gasteiger partial charge in [0.05, 0.1) is 33.9 Å². The Labute approximate surface area is 323 Å². The minimum absolute atomic E-state index is 0.0126. The molecule has 1 unspecified atom stereocenters. The van der Waals surface area contributed by atoms with Crippen LogP contribution in [0.2, 0.25) is 0 Å². The van der Waals surface area contributed by atoms with Crippen LogP contribution in [-0.4, -0.2) is 86.1 Å². The molecule has 0 heterocycles. The summed E-state index contributed by atoms with van der Waals surface area (Å²) < 4.78 is 34.1. The number of allylic oxidation sites excluding steroid dienone is 7. The molecule has 0 rings (SSSR count). The minimum Gasteiger partial charge on any atom is -0.462 e. The van der Waals surface area contributed by atoms with E-state index in [-0.39, 0.29) is 32.2 Å². The molecule has 11 heteroatoms. The van der Waals surface area contributed by atoms with Crippen molar-refractivity contribution in [2.24, 2.45) is 0 Å². The molecular formula is C42H77NO9P+. The van der Waals surface area contributed by atoms with Crippen molar-refractivity contribution in [1.29, 1.82) is 0 Å². The zero-order valence-corrected chi connectivity index (χ0v) is 35.0. The first-order valence-electron chi connectivity index (χ1n) is 20.5. The lowest BCUT2D eigenvalue weighted by Gasteiger charge is -2.24. The predicted octanol–water partition coefficient (Wildman–Crippen LogP) is 10.1. The summed E-state index contributed by atoms with van der Waals surface area (Å²) in [5, 5.41) is 9.90. The first-order chi connectivity index (χ1) is 25.4. The molecule has 0 aliphatic rings. The third kappa shape index (κ3) is 38.0. The van der Waals surface area contributed by atoms with Gasteiger partial charge in [0.1, 0.15) is 19.8 Å². The van der Waals surface area contributed by atoms with E-state index in [1.165, 1.54) is 51.4 Å². The lowest BCUT2D eigenvalue weighted by atomic mass is 10.1. The number of rotatable bonds is 36. The molecule has 0 aromatic heterocycles. The van der Waals surface area contributed by atoms with Gasteiger partial charge in [0.2, 0.25) is 0 Å². The summed E-state index contributed by atoms with van der Waals surface area (Å²) in [6.07, 6.45) is 34.9. The number of esters is 2. The average molecular weight is 771 g/mol. The minimum atomic E-state index is -4.39. The molecule has 3 atom stereocenters. The molecule has 0 aliphatic carbocycles. The first kappa shape index (κ1) is 50.9. The summed E-state index contributed by atoms with van der Waals surface area (Å²) in [6.45, 7) is 4.19. The fraction of sp³-hybridized carbons (Fsp3) is 0.762. The number of likely N-dealkylation sites (N-methyl/N-ethyl adjacent to an activating group) is 1. The van der Waals surface area contributed by atoms with Gasteiger partial charge in [-0.25, -0.2) is 4.57 Å². The fourth-order valence-corrected chi connectivity index (χ4v) is 5.92. The van der Waals surface area contributed by atoms with Crippen molar-refractivity contribution >= 4 is 19.8 Å². The molecule has 0 fully saturated rings. The van der Waals surface area contributed by atoms with Crippen molar-refractivity contribution in [3.8, 4) is 0 Å². The summed E-state index contributed by atoms with van der Waals surface area (Å²) in [4.78, 5) is 35.2. The predicted molar refractivity (Wildman–Crippen MR) is 216 cm³/mol. The van der Waals surface area contributed by atoms with Gasteiger partial charge in [0.25, 0.3) is 0 Å². The summed E-state index contributed by atoms with van der Waals surface area (Å²) in [5.41, 5.74) is 0. The Morgan fingerprint density at radius 1 is 0.679 bits per heavy atom. The monoisotopic (exact) mass is 771 g/mol. The zero-order chi connectivity index (χ0) is 39.5. The lowest BCUT2D eigenvalue weighted by Crippen LogP contribution is -2.37. The number of hydrogen-bond acceptors (Lipinski definition) is 8. The maximum atomic E-state index is 12.6. The first-order valence-corrected chi connectivity index (χ1v) is 22.0. The smallest absolute Gasteiger partial charge is 0.462 e. The van der Waals surface area contributed by atoms with E-state index in [9.17, 15) is 24.2 Å². The van der Waals surface area contributed by atoms with E-state index in [1.54, 1.807) is 0 Å². The molecule has 10 nitrogen and oxygen atoms in total. The number of phosphoric ester groups is 1. The number of hydrogen-bond donors (Lipinski definition) is 2. The Hall–Kier alpha value is -2.07. The average Bonchev–Trinajstić information content (AvgIpc) is 3.09. The molecule has 0 saturated heterocycles. The summed E-state index contributed by atoms with van der Waals surface area (Å²) in [6, 6.07) is 0. The second-order valence-electron chi connectivity index (χ2n) is 14.9. The summed E-state index contributed by atoms with van der Waals surface area (Å²) >= 11 is 0. The van der Waals surface area contributed by atoms with Crippen molar-refractivity contribution in [1.82, 2.24) is 0 Å². The largest absolute Gasteiger partial charge is 0.472 e. The topological polar surface area (TPSA) is 129 Å².